The minimum atomic E-state index is 0.222. The number of halogens is 1. The Morgan fingerprint density at radius 2 is 2.41 bits per heavy atom. The molecule has 3 rings (SSSR count). The number of rotatable bonds is 2. The van der Waals surface area contributed by atoms with Crippen molar-refractivity contribution < 1.29 is 9.26 Å². The van der Waals surface area contributed by atoms with Crippen LogP contribution in [0, 0.1) is 0 Å². The number of aromatic nitrogens is 4. The second-order valence-electron chi connectivity index (χ2n) is 3.98. The molecule has 1 aliphatic rings. The third kappa shape index (κ3) is 1.83. The molecule has 0 bridgehead atoms. The quantitative estimate of drug-likeness (QED) is 0.815. The molecular formula is C10H11ClN4O2. The van der Waals surface area contributed by atoms with Crippen LogP contribution in [0.4, 0.5) is 0 Å². The van der Waals surface area contributed by atoms with E-state index >= 15 is 0 Å². The van der Waals surface area contributed by atoms with Crippen molar-refractivity contribution in [2.75, 3.05) is 13.2 Å². The Morgan fingerprint density at radius 1 is 1.53 bits per heavy atom. The van der Waals surface area contributed by atoms with Gasteiger partial charge in [0.1, 0.15) is 5.69 Å². The SMILES string of the molecule is Cn1ncc(Cl)c1-c1nc(C2CCOC2)no1. The van der Waals surface area contributed by atoms with E-state index < -0.39 is 0 Å². The van der Waals surface area contributed by atoms with E-state index in [1.165, 1.54) is 0 Å². The molecule has 0 amide bonds. The van der Waals surface area contributed by atoms with Gasteiger partial charge < -0.3 is 9.26 Å². The largest absolute Gasteiger partial charge is 0.381 e. The molecule has 1 aliphatic heterocycles. The van der Waals surface area contributed by atoms with Crippen molar-refractivity contribution in [3.63, 3.8) is 0 Å². The molecule has 1 fully saturated rings. The monoisotopic (exact) mass is 254 g/mol. The highest BCUT2D eigenvalue weighted by molar-refractivity contribution is 6.32. The molecule has 90 valence electrons. The maximum Gasteiger partial charge on any atom is 0.277 e. The number of nitrogens with zero attached hydrogens (tertiary/aromatic N) is 4. The zero-order valence-corrected chi connectivity index (χ0v) is 10.0. The normalized spacial score (nSPS) is 20.0. The Bertz CT molecular complexity index is 511. The van der Waals surface area contributed by atoms with Gasteiger partial charge in [-0.2, -0.15) is 10.1 Å². The van der Waals surface area contributed by atoms with Crippen molar-refractivity contribution in [3.05, 3.63) is 17.0 Å². The fourth-order valence-corrected chi connectivity index (χ4v) is 2.13. The van der Waals surface area contributed by atoms with Gasteiger partial charge in [0, 0.05) is 19.6 Å². The molecule has 0 spiro atoms. The molecule has 7 heteroatoms. The van der Waals surface area contributed by atoms with Crippen LogP contribution in [-0.4, -0.2) is 33.1 Å². The third-order valence-corrected chi connectivity index (χ3v) is 3.11. The Morgan fingerprint density at radius 3 is 3.06 bits per heavy atom. The highest BCUT2D eigenvalue weighted by Crippen LogP contribution is 2.28. The summed E-state index contributed by atoms with van der Waals surface area (Å²) >= 11 is 6.01. The van der Waals surface area contributed by atoms with Crippen molar-refractivity contribution in [1.82, 2.24) is 19.9 Å². The molecule has 1 unspecified atom stereocenters. The molecular weight excluding hydrogens is 244 g/mol. The molecule has 2 aromatic heterocycles. The summed E-state index contributed by atoms with van der Waals surface area (Å²) in [6.45, 7) is 1.40. The summed E-state index contributed by atoms with van der Waals surface area (Å²) in [5, 5.41) is 8.51. The first-order valence-corrected chi connectivity index (χ1v) is 5.72. The summed E-state index contributed by atoms with van der Waals surface area (Å²) in [5.41, 5.74) is 0.643. The van der Waals surface area contributed by atoms with Gasteiger partial charge in [0.15, 0.2) is 5.82 Å². The summed E-state index contributed by atoms with van der Waals surface area (Å²) in [6.07, 6.45) is 2.48. The molecule has 0 aliphatic carbocycles. The van der Waals surface area contributed by atoms with Crippen LogP contribution in [0.25, 0.3) is 11.6 Å². The van der Waals surface area contributed by atoms with Gasteiger partial charge in [-0.1, -0.05) is 16.8 Å². The van der Waals surface area contributed by atoms with Crippen LogP contribution in [0.5, 0.6) is 0 Å². The van der Waals surface area contributed by atoms with Crippen LogP contribution < -0.4 is 0 Å². The standard InChI is InChI=1S/C10H11ClN4O2/c1-15-8(7(11)4-12-15)10-13-9(14-17-10)6-2-3-16-5-6/h4,6H,2-3,5H2,1H3. The van der Waals surface area contributed by atoms with Gasteiger partial charge in [0.2, 0.25) is 0 Å². The van der Waals surface area contributed by atoms with Crippen LogP contribution in [-0.2, 0) is 11.8 Å². The lowest BCUT2D eigenvalue weighted by molar-refractivity contribution is 0.192. The maximum atomic E-state index is 6.01. The summed E-state index contributed by atoms with van der Waals surface area (Å²) in [7, 11) is 1.78. The number of ether oxygens (including phenoxy) is 1. The van der Waals surface area contributed by atoms with Crippen LogP contribution in [0.15, 0.2) is 10.7 Å². The van der Waals surface area contributed by atoms with Crippen LogP contribution in [0.3, 0.4) is 0 Å². The molecule has 1 saturated heterocycles. The smallest absolute Gasteiger partial charge is 0.277 e. The highest BCUT2D eigenvalue weighted by Gasteiger charge is 2.25. The third-order valence-electron chi connectivity index (χ3n) is 2.83. The molecule has 6 nitrogen and oxygen atoms in total. The van der Waals surface area contributed by atoms with E-state index in [1.54, 1.807) is 17.9 Å². The maximum absolute atomic E-state index is 6.01. The van der Waals surface area contributed by atoms with E-state index in [0.29, 0.717) is 29.0 Å². The minimum Gasteiger partial charge on any atom is -0.381 e. The van der Waals surface area contributed by atoms with Crippen LogP contribution >= 0.6 is 11.6 Å². The van der Waals surface area contributed by atoms with E-state index in [1.807, 2.05) is 0 Å². The van der Waals surface area contributed by atoms with Gasteiger partial charge in [-0.05, 0) is 6.42 Å². The zero-order chi connectivity index (χ0) is 11.8. The van der Waals surface area contributed by atoms with Gasteiger partial charge in [0.05, 0.1) is 17.8 Å². The average Bonchev–Trinajstić information content (AvgIpc) is 2.98. The summed E-state index contributed by atoms with van der Waals surface area (Å²) in [6, 6.07) is 0. The Kier molecular flexibility index (Phi) is 2.60. The predicted octanol–water partition coefficient (Wildman–Crippen LogP) is 1.63. The van der Waals surface area contributed by atoms with Gasteiger partial charge in [-0.25, -0.2) is 0 Å². The molecule has 0 radical (unpaired) electrons. The Hall–Kier alpha value is -1.40. The second-order valence-corrected chi connectivity index (χ2v) is 4.39. The van der Waals surface area contributed by atoms with Crippen molar-refractivity contribution >= 4 is 11.6 Å². The number of hydrogen-bond donors (Lipinski definition) is 0. The molecule has 17 heavy (non-hydrogen) atoms. The van der Waals surface area contributed by atoms with E-state index in [4.69, 9.17) is 20.9 Å². The van der Waals surface area contributed by atoms with E-state index in [2.05, 4.69) is 15.2 Å². The molecule has 3 heterocycles. The van der Waals surface area contributed by atoms with Gasteiger partial charge in [-0.15, -0.1) is 0 Å². The molecule has 0 aromatic carbocycles. The lowest BCUT2D eigenvalue weighted by Gasteiger charge is -1.98. The predicted molar refractivity (Wildman–Crippen MR) is 59.7 cm³/mol. The minimum absolute atomic E-state index is 0.222. The van der Waals surface area contributed by atoms with Gasteiger partial charge in [-0.3, -0.25) is 4.68 Å². The van der Waals surface area contributed by atoms with Crippen LogP contribution in [0.2, 0.25) is 5.02 Å². The van der Waals surface area contributed by atoms with Crippen molar-refractivity contribution in [3.8, 4) is 11.6 Å². The van der Waals surface area contributed by atoms with Gasteiger partial charge in [0.25, 0.3) is 5.89 Å². The zero-order valence-electron chi connectivity index (χ0n) is 9.26. The number of aryl methyl sites for hydroxylation is 1. The van der Waals surface area contributed by atoms with Gasteiger partial charge >= 0.3 is 0 Å². The second kappa shape index (κ2) is 4.12. The van der Waals surface area contributed by atoms with Crippen molar-refractivity contribution in [2.24, 2.45) is 7.05 Å². The van der Waals surface area contributed by atoms with E-state index in [-0.39, 0.29) is 5.92 Å². The molecule has 0 saturated carbocycles. The van der Waals surface area contributed by atoms with E-state index in [9.17, 15) is 0 Å². The fourth-order valence-electron chi connectivity index (χ4n) is 1.89. The summed E-state index contributed by atoms with van der Waals surface area (Å²) in [5.74, 6) is 1.30. The summed E-state index contributed by atoms with van der Waals surface area (Å²) < 4.78 is 12.1. The molecule has 0 N–H and O–H groups in total. The number of hydrogen-bond acceptors (Lipinski definition) is 5. The molecule has 1 atom stereocenters. The highest BCUT2D eigenvalue weighted by atomic mass is 35.5. The topological polar surface area (TPSA) is 66.0 Å². The van der Waals surface area contributed by atoms with Crippen molar-refractivity contribution in [2.45, 2.75) is 12.3 Å². The Labute approximate surface area is 103 Å². The Balaban J connectivity index is 1.94. The van der Waals surface area contributed by atoms with Crippen molar-refractivity contribution in [1.29, 1.82) is 0 Å². The summed E-state index contributed by atoms with van der Waals surface area (Å²) in [4.78, 5) is 4.35. The fraction of sp³-hybridized carbons (Fsp3) is 0.500. The lowest BCUT2D eigenvalue weighted by Crippen LogP contribution is -2.00. The first-order valence-electron chi connectivity index (χ1n) is 5.35. The lowest BCUT2D eigenvalue weighted by atomic mass is 10.1. The first kappa shape index (κ1) is 10.7. The van der Waals surface area contributed by atoms with Crippen LogP contribution in [0.1, 0.15) is 18.2 Å². The average molecular weight is 255 g/mol. The first-order chi connectivity index (χ1) is 8.25. The molecule has 2 aromatic rings. The van der Waals surface area contributed by atoms with E-state index in [0.717, 1.165) is 13.0 Å².